The van der Waals surface area contributed by atoms with Crippen molar-refractivity contribution in [1.29, 1.82) is 5.26 Å². The molecule has 1 amide bonds. The van der Waals surface area contributed by atoms with Crippen molar-refractivity contribution in [3.8, 4) is 6.07 Å². The number of ether oxygens (including phenoxy) is 3. The number of halogens is 2. The number of fused-ring (bicyclic) bond motifs is 1. The zero-order valence-corrected chi connectivity index (χ0v) is 31.2. The average molecular weight is 791 g/mol. The standard InChI is InChI=1S/C41H33Cl2N7O6/c1-2-45-38(51)34-33(55-40(52)26-9-5-3-6-10-26)35(56-41(53)27-11-7-4-8-12-27)39(54-34)50-23-47-32-36(48-31(21-44)49-37(32)50)46-22-30(24-13-17-28(42)18-14-24)25-15-19-29(43)20-16-25/h3-20,23,30,33-35,39H,2,22H2,1H3,(H,45,51)(H,46,48,49). The zero-order valence-electron chi connectivity index (χ0n) is 29.7. The van der Waals surface area contributed by atoms with Gasteiger partial charge in [-0.2, -0.15) is 15.2 Å². The second kappa shape index (κ2) is 17.0. The van der Waals surface area contributed by atoms with Crippen molar-refractivity contribution < 1.29 is 28.6 Å². The van der Waals surface area contributed by atoms with E-state index in [0.717, 1.165) is 11.1 Å². The Labute approximate surface area is 331 Å². The van der Waals surface area contributed by atoms with Crippen LogP contribution in [-0.2, 0) is 19.0 Å². The molecule has 13 nitrogen and oxygen atoms in total. The maximum absolute atomic E-state index is 13.6. The van der Waals surface area contributed by atoms with Crippen molar-refractivity contribution in [2.75, 3.05) is 18.4 Å². The first-order chi connectivity index (χ1) is 27.2. The van der Waals surface area contributed by atoms with Gasteiger partial charge in [0.1, 0.15) is 6.07 Å². The predicted molar refractivity (Wildman–Crippen MR) is 207 cm³/mol. The van der Waals surface area contributed by atoms with Crippen molar-refractivity contribution in [2.24, 2.45) is 0 Å². The molecule has 6 aromatic rings. The van der Waals surface area contributed by atoms with Crippen LogP contribution < -0.4 is 10.6 Å². The third kappa shape index (κ3) is 8.18. The topological polar surface area (TPSA) is 170 Å². The lowest BCUT2D eigenvalue weighted by Gasteiger charge is -2.24. The Bertz CT molecular complexity index is 2340. The Hall–Kier alpha value is -6.33. The number of aromatic nitrogens is 4. The van der Waals surface area contributed by atoms with Crippen LogP contribution in [0.5, 0.6) is 0 Å². The highest BCUT2D eigenvalue weighted by atomic mass is 35.5. The molecule has 0 radical (unpaired) electrons. The fourth-order valence-electron chi connectivity index (χ4n) is 6.43. The number of anilines is 1. The summed E-state index contributed by atoms with van der Waals surface area (Å²) in [4.78, 5) is 54.2. The van der Waals surface area contributed by atoms with Crippen molar-refractivity contribution in [1.82, 2.24) is 24.8 Å². The van der Waals surface area contributed by atoms with Gasteiger partial charge in [-0.3, -0.25) is 9.36 Å². The van der Waals surface area contributed by atoms with E-state index in [9.17, 15) is 19.6 Å². The summed E-state index contributed by atoms with van der Waals surface area (Å²) in [6.07, 6.45) is -4.16. The smallest absolute Gasteiger partial charge is 0.338 e. The van der Waals surface area contributed by atoms with E-state index in [-0.39, 0.29) is 46.4 Å². The molecule has 2 aromatic heterocycles. The van der Waals surface area contributed by atoms with Crippen LogP contribution in [0.4, 0.5) is 5.82 Å². The van der Waals surface area contributed by atoms with Crippen molar-refractivity contribution in [2.45, 2.75) is 37.4 Å². The number of carbonyl (C=O) groups excluding carboxylic acids is 3. The molecule has 282 valence electrons. The molecule has 4 aromatic carbocycles. The molecule has 2 N–H and O–H groups in total. The third-order valence-electron chi connectivity index (χ3n) is 9.12. The average Bonchev–Trinajstić information content (AvgIpc) is 3.80. The monoisotopic (exact) mass is 789 g/mol. The van der Waals surface area contributed by atoms with Crippen LogP contribution in [0.1, 0.15) is 56.7 Å². The molecule has 7 rings (SSSR count). The Balaban J connectivity index is 1.28. The number of nitrogens with zero attached hydrogens (tertiary/aromatic N) is 5. The molecule has 0 bridgehead atoms. The van der Waals surface area contributed by atoms with E-state index in [1.807, 2.05) is 30.3 Å². The predicted octanol–water partition coefficient (Wildman–Crippen LogP) is 6.73. The lowest BCUT2D eigenvalue weighted by atomic mass is 9.91. The summed E-state index contributed by atoms with van der Waals surface area (Å²) in [5.41, 5.74) is 2.72. The van der Waals surface area contributed by atoms with Gasteiger partial charge in [0.25, 0.3) is 5.91 Å². The summed E-state index contributed by atoms with van der Waals surface area (Å²) in [6, 6.07) is 33.3. The van der Waals surface area contributed by atoms with Crippen LogP contribution >= 0.6 is 23.2 Å². The van der Waals surface area contributed by atoms with Gasteiger partial charge in [0.15, 0.2) is 41.5 Å². The van der Waals surface area contributed by atoms with Gasteiger partial charge in [-0.1, -0.05) is 83.9 Å². The van der Waals surface area contributed by atoms with Crippen LogP contribution in [0.2, 0.25) is 10.0 Å². The first-order valence-electron chi connectivity index (χ1n) is 17.6. The quantitative estimate of drug-likeness (QED) is 0.126. The highest BCUT2D eigenvalue weighted by Gasteiger charge is 2.54. The van der Waals surface area contributed by atoms with Gasteiger partial charge in [0, 0.05) is 29.1 Å². The highest BCUT2D eigenvalue weighted by molar-refractivity contribution is 6.30. The number of hydrogen-bond acceptors (Lipinski definition) is 11. The molecule has 1 aliphatic rings. The largest absolute Gasteiger partial charge is 0.451 e. The molecule has 0 aliphatic carbocycles. The number of likely N-dealkylation sites (N-methyl/N-ethyl adjacent to an activating group) is 1. The van der Waals surface area contributed by atoms with Crippen molar-refractivity contribution in [3.05, 3.63) is 154 Å². The van der Waals surface area contributed by atoms with Gasteiger partial charge in [-0.15, -0.1) is 0 Å². The molecule has 4 atom stereocenters. The van der Waals surface area contributed by atoms with Crippen molar-refractivity contribution in [3.63, 3.8) is 0 Å². The van der Waals surface area contributed by atoms with E-state index < -0.39 is 42.4 Å². The number of imidazole rings is 1. The number of esters is 2. The molecular weight excluding hydrogens is 757 g/mol. The minimum Gasteiger partial charge on any atom is -0.451 e. The molecular formula is C41H33Cl2N7O6. The fraction of sp³-hybridized carbons (Fsp3) is 0.195. The molecule has 1 aliphatic heterocycles. The van der Waals surface area contributed by atoms with Crippen LogP contribution in [-0.4, -0.2) is 68.8 Å². The number of nitriles is 1. The normalized spacial score (nSPS) is 17.6. The number of hydrogen-bond donors (Lipinski definition) is 2. The third-order valence-corrected chi connectivity index (χ3v) is 9.62. The van der Waals surface area contributed by atoms with E-state index in [2.05, 4.69) is 25.6 Å². The molecule has 1 fully saturated rings. The first-order valence-corrected chi connectivity index (χ1v) is 18.3. The summed E-state index contributed by atoms with van der Waals surface area (Å²) in [5.74, 6) is -2.28. The fourth-order valence-corrected chi connectivity index (χ4v) is 6.68. The van der Waals surface area contributed by atoms with E-state index in [4.69, 9.17) is 37.4 Å². The van der Waals surface area contributed by atoms with E-state index >= 15 is 0 Å². The molecule has 0 spiro atoms. The minimum absolute atomic E-state index is 0.129. The molecule has 15 heteroatoms. The Morgan fingerprint density at radius 3 is 1.91 bits per heavy atom. The SMILES string of the molecule is CCNC(=O)C1OC(n2cnc3c(NCC(c4ccc(Cl)cc4)c4ccc(Cl)cc4)nc(C#N)nc32)C(OC(=O)c2ccccc2)C1OC(=O)c1ccccc1. The maximum Gasteiger partial charge on any atom is 0.338 e. The second-order valence-corrected chi connectivity index (χ2v) is 13.6. The van der Waals surface area contributed by atoms with Crippen LogP contribution in [0.3, 0.4) is 0 Å². The van der Waals surface area contributed by atoms with Crippen LogP contribution in [0, 0.1) is 11.3 Å². The molecule has 1 saturated heterocycles. The molecule has 3 heterocycles. The van der Waals surface area contributed by atoms with Gasteiger partial charge in [-0.25, -0.2) is 14.6 Å². The van der Waals surface area contributed by atoms with Crippen LogP contribution in [0.15, 0.2) is 116 Å². The van der Waals surface area contributed by atoms with Gasteiger partial charge in [0.05, 0.1) is 17.5 Å². The van der Waals surface area contributed by atoms with Gasteiger partial charge >= 0.3 is 11.9 Å². The second-order valence-electron chi connectivity index (χ2n) is 12.7. The lowest BCUT2D eigenvalue weighted by molar-refractivity contribution is -0.137. The first kappa shape index (κ1) is 38.0. The molecule has 0 saturated carbocycles. The lowest BCUT2D eigenvalue weighted by Crippen LogP contribution is -2.46. The molecule has 56 heavy (non-hydrogen) atoms. The summed E-state index contributed by atoms with van der Waals surface area (Å²) >= 11 is 12.4. The summed E-state index contributed by atoms with van der Waals surface area (Å²) < 4.78 is 19.8. The van der Waals surface area contributed by atoms with E-state index in [1.165, 1.54) is 10.9 Å². The number of benzene rings is 4. The number of rotatable bonds is 12. The summed E-state index contributed by atoms with van der Waals surface area (Å²) in [6.45, 7) is 2.28. The van der Waals surface area contributed by atoms with Crippen LogP contribution in [0.25, 0.3) is 11.2 Å². The Morgan fingerprint density at radius 2 is 1.38 bits per heavy atom. The highest BCUT2D eigenvalue weighted by Crippen LogP contribution is 2.38. The van der Waals surface area contributed by atoms with E-state index in [1.54, 1.807) is 91.9 Å². The molecule has 4 unspecified atom stereocenters. The Kier molecular flexibility index (Phi) is 11.5. The van der Waals surface area contributed by atoms with Gasteiger partial charge in [-0.05, 0) is 66.6 Å². The maximum atomic E-state index is 13.6. The zero-order chi connectivity index (χ0) is 39.2. The summed E-state index contributed by atoms with van der Waals surface area (Å²) in [5, 5.41) is 17.3. The Morgan fingerprint density at radius 1 is 0.821 bits per heavy atom. The number of nitrogens with one attached hydrogen (secondary N) is 2. The summed E-state index contributed by atoms with van der Waals surface area (Å²) in [7, 11) is 0. The van der Waals surface area contributed by atoms with Gasteiger partial charge < -0.3 is 24.8 Å². The number of carbonyl (C=O) groups is 3. The minimum atomic E-state index is -1.42. The van der Waals surface area contributed by atoms with Gasteiger partial charge in [0.2, 0.25) is 5.82 Å². The van der Waals surface area contributed by atoms with Crippen molar-refractivity contribution >= 4 is 58.0 Å². The van der Waals surface area contributed by atoms with E-state index in [0.29, 0.717) is 16.6 Å². The number of amides is 1.